The number of aromatic nitrogens is 1. The van der Waals surface area contributed by atoms with Gasteiger partial charge in [-0.1, -0.05) is 12.1 Å². The van der Waals surface area contributed by atoms with Gasteiger partial charge in [0.15, 0.2) is 0 Å². The third-order valence-corrected chi connectivity index (χ3v) is 4.97. The van der Waals surface area contributed by atoms with E-state index < -0.39 is 0 Å². The minimum absolute atomic E-state index is 0.0160. The fraction of sp³-hybridized carbons (Fsp3) is 0.158. The standard InChI is InChI=1S/C19H17BrN2O2S/c20-16-4-1-2-5-17(16)24-12-3-6-18(23)22-15-9-7-14(8-10-15)19-21-11-13-25-19/h1-2,4-5,7-11,13H,3,6,12H2,(H,22,23). The summed E-state index contributed by atoms with van der Waals surface area (Å²) in [6, 6.07) is 15.4. The summed E-state index contributed by atoms with van der Waals surface area (Å²) < 4.78 is 6.58. The molecule has 4 nitrogen and oxygen atoms in total. The van der Waals surface area contributed by atoms with Gasteiger partial charge in [0.25, 0.3) is 0 Å². The number of carbonyl (C=O) groups excluding carboxylic acids is 1. The Morgan fingerprint density at radius 1 is 1.16 bits per heavy atom. The Hall–Kier alpha value is -2.18. The molecule has 0 spiro atoms. The lowest BCUT2D eigenvalue weighted by molar-refractivity contribution is -0.116. The van der Waals surface area contributed by atoms with Crippen LogP contribution in [0, 0.1) is 0 Å². The molecule has 0 aliphatic carbocycles. The molecule has 1 amide bonds. The van der Waals surface area contributed by atoms with E-state index in [2.05, 4.69) is 26.2 Å². The highest BCUT2D eigenvalue weighted by molar-refractivity contribution is 9.10. The lowest BCUT2D eigenvalue weighted by Gasteiger charge is -2.08. The van der Waals surface area contributed by atoms with Crippen molar-refractivity contribution in [2.45, 2.75) is 12.8 Å². The average molecular weight is 417 g/mol. The van der Waals surface area contributed by atoms with Gasteiger partial charge in [0.05, 0.1) is 11.1 Å². The Labute approximate surface area is 159 Å². The van der Waals surface area contributed by atoms with Gasteiger partial charge in [0.2, 0.25) is 5.91 Å². The van der Waals surface area contributed by atoms with Crippen LogP contribution in [0.25, 0.3) is 10.6 Å². The van der Waals surface area contributed by atoms with E-state index in [4.69, 9.17) is 4.74 Å². The van der Waals surface area contributed by atoms with Crippen molar-refractivity contribution < 1.29 is 9.53 Å². The smallest absolute Gasteiger partial charge is 0.224 e. The maximum Gasteiger partial charge on any atom is 0.224 e. The molecule has 0 unspecified atom stereocenters. The number of hydrogen-bond donors (Lipinski definition) is 1. The van der Waals surface area contributed by atoms with Crippen LogP contribution in [0.5, 0.6) is 5.75 Å². The molecule has 0 fully saturated rings. The molecular weight excluding hydrogens is 400 g/mol. The summed E-state index contributed by atoms with van der Waals surface area (Å²) in [5.74, 6) is 0.776. The zero-order valence-corrected chi connectivity index (χ0v) is 15.8. The van der Waals surface area contributed by atoms with Crippen LogP contribution in [0.2, 0.25) is 0 Å². The summed E-state index contributed by atoms with van der Waals surface area (Å²) in [6.45, 7) is 0.499. The normalized spacial score (nSPS) is 10.4. The van der Waals surface area contributed by atoms with E-state index in [1.807, 2.05) is 53.9 Å². The predicted molar refractivity (Wildman–Crippen MR) is 105 cm³/mol. The summed E-state index contributed by atoms with van der Waals surface area (Å²) in [4.78, 5) is 16.3. The molecule has 0 radical (unpaired) electrons. The molecule has 3 rings (SSSR count). The third-order valence-electron chi connectivity index (χ3n) is 3.49. The van der Waals surface area contributed by atoms with E-state index >= 15 is 0 Å². The maximum absolute atomic E-state index is 12.0. The Morgan fingerprint density at radius 2 is 1.96 bits per heavy atom. The number of hydrogen-bond acceptors (Lipinski definition) is 4. The van der Waals surface area contributed by atoms with Gasteiger partial charge < -0.3 is 10.1 Å². The molecule has 0 saturated carbocycles. The van der Waals surface area contributed by atoms with E-state index in [1.54, 1.807) is 17.5 Å². The molecular formula is C19H17BrN2O2S. The van der Waals surface area contributed by atoms with Gasteiger partial charge >= 0.3 is 0 Å². The van der Waals surface area contributed by atoms with Crippen LogP contribution in [-0.2, 0) is 4.79 Å². The molecule has 0 aliphatic rings. The second-order valence-electron chi connectivity index (χ2n) is 5.35. The van der Waals surface area contributed by atoms with Crippen molar-refractivity contribution in [1.82, 2.24) is 4.98 Å². The minimum atomic E-state index is -0.0160. The van der Waals surface area contributed by atoms with E-state index in [0.29, 0.717) is 19.4 Å². The molecule has 0 saturated heterocycles. The molecule has 0 bridgehead atoms. The van der Waals surface area contributed by atoms with Gasteiger partial charge in [-0.05, 0) is 58.7 Å². The number of amides is 1. The fourth-order valence-electron chi connectivity index (χ4n) is 2.26. The molecule has 128 valence electrons. The number of carbonyl (C=O) groups is 1. The summed E-state index contributed by atoms with van der Waals surface area (Å²) in [5.41, 5.74) is 1.84. The van der Waals surface area contributed by atoms with Crippen molar-refractivity contribution in [2.24, 2.45) is 0 Å². The molecule has 1 aromatic heterocycles. The van der Waals surface area contributed by atoms with Crippen LogP contribution in [0.4, 0.5) is 5.69 Å². The van der Waals surface area contributed by atoms with Crippen LogP contribution in [0.15, 0.2) is 64.6 Å². The lowest BCUT2D eigenvalue weighted by Crippen LogP contribution is -2.12. The van der Waals surface area contributed by atoms with E-state index in [0.717, 1.165) is 26.5 Å². The van der Waals surface area contributed by atoms with E-state index in [9.17, 15) is 4.79 Å². The maximum atomic E-state index is 12.0. The Morgan fingerprint density at radius 3 is 2.68 bits per heavy atom. The van der Waals surface area contributed by atoms with Gasteiger partial charge in [0.1, 0.15) is 10.8 Å². The molecule has 0 atom stereocenters. The third kappa shape index (κ3) is 5.14. The first-order valence-corrected chi connectivity index (χ1v) is 9.57. The Kier molecular flexibility index (Phi) is 6.19. The number of benzene rings is 2. The fourth-order valence-corrected chi connectivity index (χ4v) is 3.31. The molecule has 3 aromatic rings. The van der Waals surface area contributed by atoms with Crippen LogP contribution in [-0.4, -0.2) is 17.5 Å². The van der Waals surface area contributed by atoms with Crippen molar-refractivity contribution in [3.05, 3.63) is 64.6 Å². The number of ether oxygens (including phenoxy) is 1. The summed E-state index contributed by atoms with van der Waals surface area (Å²) in [5, 5.41) is 5.82. The van der Waals surface area contributed by atoms with E-state index in [1.165, 1.54) is 0 Å². The van der Waals surface area contributed by atoms with Crippen LogP contribution >= 0.6 is 27.3 Å². The highest BCUT2D eigenvalue weighted by Crippen LogP contribution is 2.24. The first-order chi connectivity index (χ1) is 12.2. The monoisotopic (exact) mass is 416 g/mol. The lowest BCUT2D eigenvalue weighted by atomic mass is 10.2. The highest BCUT2D eigenvalue weighted by atomic mass is 79.9. The van der Waals surface area contributed by atoms with Gasteiger partial charge in [-0.3, -0.25) is 4.79 Å². The average Bonchev–Trinajstić information content (AvgIpc) is 3.15. The zero-order chi connectivity index (χ0) is 17.5. The van der Waals surface area contributed by atoms with Crippen LogP contribution < -0.4 is 10.1 Å². The van der Waals surface area contributed by atoms with Crippen molar-refractivity contribution >= 4 is 38.9 Å². The zero-order valence-electron chi connectivity index (χ0n) is 13.4. The van der Waals surface area contributed by atoms with Gasteiger partial charge in [-0.15, -0.1) is 11.3 Å². The van der Waals surface area contributed by atoms with Crippen LogP contribution in [0.3, 0.4) is 0 Å². The first-order valence-electron chi connectivity index (χ1n) is 7.89. The Bertz CT molecular complexity index is 820. The molecule has 1 N–H and O–H groups in total. The largest absolute Gasteiger partial charge is 0.492 e. The van der Waals surface area contributed by atoms with Crippen molar-refractivity contribution in [3.63, 3.8) is 0 Å². The van der Waals surface area contributed by atoms with Crippen molar-refractivity contribution in [3.8, 4) is 16.3 Å². The number of para-hydroxylation sites is 1. The number of thiazole rings is 1. The quantitative estimate of drug-likeness (QED) is 0.526. The summed E-state index contributed by atoms with van der Waals surface area (Å²) in [7, 11) is 0. The Balaban J connectivity index is 1.42. The van der Waals surface area contributed by atoms with Crippen molar-refractivity contribution in [1.29, 1.82) is 0 Å². The number of nitrogens with one attached hydrogen (secondary N) is 1. The van der Waals surface area contributed by atoms with Crippen molar-refractivity contribution in [2.75, 3.05) is 11.9 Å². The summed E-state index contributed by atoms with van der Waals surface area (Å²) >= 11 is 5.03. The first kappa shape index (κ1) is 17.6. The highest BCUT2D eigenvalue weighted by Gasteiger charge is 2.05. The molecule has 25 heavy (non-hydrogen) atoms. The minimum Gasteiger partial charge on any atom is -0.492 e. The number of rotatable bonds is 7. The number of nitrogens with zero attached hydrogens (tertiary/aromatic N) is 1. The van der Waals surface area contributed by atoms with Crippen LogP contribution in [0.1, 0.15) is 12.8 Å². The van der Waals surface area contributed by atoms with Gasteiger partial charge in [-0.2, -0.15) is 0 Å². The molecule has 6 heteroatoms. The summed E-state index contributed by atoms with van der Waals surface area (Å²) in [6.07, 6.45) is 2.86. The number of halogens is 1. The van der Waals surface area contributed by atoms with Gasteiger partial charge in [0, 0.05) is 29.2 Å². The molecule has 1 heterocycles. The molecule has 2 aromatic carbocycles. The second kappa shape index (κ2) is 8.78. The topological polar surface area (TPSA) is 51.2 Å². The number of anilines is 1. The van der Waals surface area contributed by atoms with Gasteiger partial charge in [-0.25, -0.2) is 4.98 Å². The SMILES string of the molecule is O=C(CCCOc1ccccc1Br)Nc1ccc(-c2nccs2)cc1. The second-order valence-corrected chi connectivity index (χ2v) is 7.09. The molecule has 0 aliphatic heterocycles. The van der Waals surface area contributed by atoms with E-state index in [-0.39, 0.29) is 5.91 Å². The predicted octanol–water partition coefficient (Wildman–Crippen LogP) is 5.37.